The summed E-state index contributed by atoms with van der Waals surface area (Å²) in [5, 5.41) is 5.83. The third kappa shape index (κ3) is 4.69. The maximum atomic E-state index is 12.2. The lowest BCUT2D eigenvalue weighted by Gasteiger charge is -2.16. The molecule has 0 unspecified atom stereocenters. The average molecular weight is 338 g/mol. The maximum absolute atomic E-state index is 12.2. The van der Waals surface area contributed by atoms with Gasteiger partial charge in [-0.2, -0.15) is 0 Å². The number of nitrogens with two attached hydrogens (primary N) is 1. The van der Waals surface area contributed by atoms with Crippen LogP contribution in [-0.2, 0) is 4.79 Å². The van der Waals surface area contributed by atoms with Crippen LogP contribution in [0.25, 0.3) is 0 Å². The van der Waals surface area contributed by atoms with Gasteiger partial charge in [0.2, 0.25) is 5.91 Å². The summed E-state index contributed by atoms with van der Waals surface area (Å²) in [6.45, 7) is 0. The highest BCUT2D eigenvalue weighted by Gasteiger charge is 2.27. The van der Waals surface area contributed by atoms with Crippen LogP contribution >= 0.6 is 12.4 Å². The van der Waals surface area contributed by atoms with E-state index in [-0.39, 0.29) is 36.2 Å². The van der Waals surface area contributed by atoms with Gasteiger partial charge >= 0.3 is 0 Å². The highest BCUT2D eigenvalue weighted by Crippen LogP contribution is 2.27. The molecule has 4 N–H and O–H groups in total. The molecule has 0 radical (unpaired) electrons. The Labute approximate surface area is 142 Å². The summed E-state index contributed by atoms with van der Waals surface area (Å²) in [5.41, 5.74) is 7.12. The third-order valence-electron chi connectivity index (χ3n) is 4.52. The molecule has 2 fully saturated rings. The van der Waals surface area contributed by atoms with E-state index < -0.39 is 0 Å². The third-order valence-corrected chi connectivity index (χ3v) is 4.52. The van der Waals surface area contributed by atoms with Crippen LogP contribution in [0.4, 0.5) is 5.69 Å². The number of carbonyl (C=O) groups excluding carboxylic acids is 2. The first-order valence-electron chi connectivity index (χ1n) is 8.09. The van der Waals surface area contributed by atoms with Crippen molar-refractivity contribution in [1.82, 2.24) is 5.32 Å². The van der Waals surface area contributed by atoms with Gasteiger partial charge in [-0.05, 0) is 43.7 Å². The zero-order valence-corrected chi connectivity index (χ0v) is 13.9. The van der Waals surface area contributed by atoms with E-state index in [2.05, 4.69) is 10.6 Å². The van der Waals surface area contributed by atoms with Gasteiger partial charge < -0.3 is 16.4 Å². The summed E-state index contributed by atoms with van der Waals surface area (Å²) in [5.74, 6) is 0.0810. The molecule has 6 heteroatoms. The number of hydrogen-bond acceptors (Lipinski definition) is 3. The molecule has 1 aromatic rings. The minimum Gasteiger partial charge on any atom is -0.349 e. The van der Waals surface area contributed by atoms with Crippen LogP contribution in [0.1, 0.15) is 48.9 Å². The van der Waals surface area contributed by atoms with Gasteiger partial charge in [-0.1, -0.05) is 18.6 Å². The van der Waals surface area contributed by atoms with Crippen molar-refractivity contribution in [2.45, 2.75) is 50.6 Å². The molecule has 2 atom stereocenters. The summed E-state index contributed by atoms with van der Waals surface area (Å²) in [6.07, 6.45) is 5.62. The molecule has 126 valence electrons. The molecule has 2 saturated carbocycles. The summed E-state index contributed by atoms with van der Waals surface area (Å²) >= 11 is 0. The molecule has 5 nitrogen and oxygen atoms in total. The fraction of sp³-hybridized carbons (Fsp3) is 0.529. The van der Waals surface area contributed by atoms with Crippen molar-refractivity contribution in [3.63, 3.8) is 0 Å². The largest absolute Gasteiger partial charge is 0.349 e. The van der Waals surface area contributed by atoms with Crippen LogP contribution in [0.3, 0.4) is 0 Å². The van der Waals surface area contributed by atoms with Gasteiger partial charge in [-0.15, -0.1) is 12.4 Å². The Balaban J connectivity index is 0.00000192. The molecular weight excluding hydrogens is 314 g/mol. The predicted octanol–water partition coefficient (Wildman–Crippen LogP) is 2.46. The number of rotatable bonds is 5. The number of carbonyl (C=O) groups is 2. The minimum absolute atomic E-state index is 0. The number of benzene rings is 1. The van der Waals surface area contributed by atoms with E-state index in [1.165, 1.54) is 0 Å². The molecule has 0 aliphatic heterocycles. The molecule has 0 spiro atoms. The molecule has 0 aromatic heterocycles. The van der Waals surface area contributed by atoms with Gasteiger partial charge in [-0.25, -0.2) is 0 Å². The van der Waals surface area contributed by atoms with Crippen LogP contribution < -0.4 is 16.4 Å². The van der Waals surface area contributed by atoms with E-state index in [1.807, 2.05) is 12.1 Å². The summed E-state index contributed by atoms with van der Waals surface area (Å²) in [7, 11) is 0. The first-order valence-corrected chi connectivity index (χ1v) is 8.09. The SMILES string of the molecule is Cl.N[C@@H]1CCC[C@H]1CC(=O)Nc1ccccc1C(=O)NC1CC1. The number of halogens is 1. The summed E-state index contributed by atoms with van der Waals surface area (Å²) in [6, 6.07) is 7.57. The molecule has 2 aliphatic rings. The Hall–Kier alpha value is -1.59. The van der Waals surface area contributed by atoms with Crippen molar-refractivity contribution in [3.05, 3.63) is 29.8 Å². The van der Waals surface area contributed by atoms with Crippen LogP contribution in [0.2, 0.25) is 0 Å². The number of para-hydroxylation sites is 1. The Morgan fingerprint density at radius 1 is 1.13 bits per heavy atom. The second kappa shape index (κ2) is 7.79. The monoisotopic (exact) mass is 337 g/mol. The van der Waals surface area contributed by atoms with Gasteiger partial charge in [0.1, 0.15) is 0 Å². The second-order valence-corrected chi connectivity index (χ2v) is 6.40. The van der Waals surface area contributed by atoms with Crippen LogP contribution in [0.15, 0.2) is 24.3 Å². The fourth-order valence-electron chi connectivity index (χ4n) is 3.04. The Morgan fingerprint density at radius 3 is 2.52 bits per heavy atom. The lowest BCUT2D eigenvalue weighted by Crippen LogP contribution is -2.29. The summed E-state index contributed by atoms with van der Waals surface area (Å²) in [4.78, 5) is 24.4. The van der Waals surface area contributed by atoms with Crippen molar-refractivity contribution in [3.8, 4) is 0 Å². The molecule has 0 heterocycles. The van der Waals surface area contributed by atoms with E-state index in [4.69, 9.17) is 5.73 Å². The van der Waals surface area contributed by atoms with E-state index >= 15 is 0 Å². The molecule has 3 rings (SSSR count). The van der Waals surface area contributed by atoms with E-state index in [1.54, 1.807) is 12.1 Å². The normalized spacial score (nSPS) is 23.0. The second-order valence-electron chi connectivity index (χ2n) is 6.40. The van der Waals surface area contributed by atoms with Gasteiger partial charge in [0, 0.05) is 18.5 Å². The fourth-order valence-corrected chi connectivity index (χ4v) is 3.04. The lowest BCUT2D eigenvalue weighted by molar-refractivity contribution is -0.117. The van der Waals surface area contributed by atoms with Crippen molar-refractivity contribution in [1.29, 1.82) is 0 Å². The predicted molar refractivity (Wildman–Crippen MR) is 92.7 cm³/mol. The molecule has 0 bridgehead atoms. The zero-order valence-electron chi connectivity index (χ0n) is 13.1. The van der Waals surface area contributed by atoms with Gasteiger partial charge in [0.05, 0.1) is 11.3 Å². The molecule has 2 amide bonds. The van der Waals surface area contributed by atoms with Crippen molar-refractivity contribution < 1.29 is 9.59 Å². The number of amides is 2. The summed E-state index contributed by atoms with van der Waals surface area (Å²) < 4.78 is 0. The topological polar surface area (TPSA) is 84.2 Å². The molecule has 23 heavy (non-hydrogen) atoms. The van der Waals surface area contributed by atoms with Crippen LogP contribution in [0, 0.1) is 5.92 Å². The van der Waals surface area contributed by atoms with Crippen molar-refractivity contribution >= 4 is 29.9 Å². The first-order chi connectivity index (χ1) is 10.6. The lowest BCUT2D eigenvalue weighted by atomic mass is 9.99. The average Bonchev–Trinajstić information content (AvgIpc) is 3.22. The van der Waals surface area contributed by atoms with Crippen LogP contribution in [-0.4, -0.2) is 23.9 Å². The smallest absolute Gasteiger partial charge is 0.253 e. The number of hydrogen-bond donors (Lipinski definition) is 3. The Bertz CT molecular complexity index is 575. The van der Waals surface area contributed by atoms with Gasteiger partial charge in [0.25, 0.3) is 5.91 Å². The molecule has 2 aliphatic carbocycles. The number of nitrogens with one attached hydrogen (secondary N) is 2. The first kappa shape index (κ1) is 17.8. The zero-order chi connectivity index (χ0) is 15.5. The highest BCUT2D eigenvalue weighted by molar-refractivity contribution is 6.04. The van der Waals surface area contributed by atoms with E-state index in [0.29, 0.717) is 23.7 Å². The van der Waals surface area contributed by atoms with E-state index in [0.717, 1.165) is 32.1 Å². The Morgan fingerprint density at radius 2 is 1.87 bits per heavy atom. The van der Waals surface area contributed by atoms with Crippen LogP contribution in [0.5, 0.6) is 0 Å². The van der Waals surface area contributed by atoms with E-state index in [9.17, 15) is 9.59 Å². The minimum atomic E-state index is -0.115. The highest BCUT2D eigenvalue weighted by atomic mass is 35.5. The Kier molecular flexibility index (Phi) is 6.02. The van der Waals surface area contributed by atoms with Crippen molar-refractivity contribution in [2.24, 2.45) is 11.7 Å². The molecule has 0 saturated heterocycles. The standard InChI is InChI=1S/C17H23N3O2.ClH/c18-14-6-3-4-11(14)10-16(21)20-15-7-2-1-5-13(15)17(22)19-12-8-9-12;/h1-2,5,7,11-12,14H,3-4,6,8-10,18H2,(H,19,22)(H,20,21);1H/t11-,14+;/m0./s1. The number of anilines is 1. The van der Waals surface area contributed by atoms with Crippen molar-refractivity contribution in [2.75, 3.05) is 5.32 Å². The quantitative estimate of drug-likeness (QED) is 0.771. The maximum Gasteiger partial charge on any atom is 0.253 e. The molecular formula is C17H24ClN3O2. The molecule has 1 aromatic carbocycles. The van der Waals surface area contributed by atoms with Gasteiger partial charge in [0.15, 0.2) is 0 Å². The van der Waals surface area contributed by atoms with Gasteiger partial charge in [-0.3, -0.25) is 9.59 Å².